The third kappa shape index (κ3) is 3.62. The Morgan fingerprint density at radius 2 is 2.06 bits per heavy atom. The van der Waals surface area contributed by atoms with Crippen LogP contribution in [-0.2, 0) is 9.53 Å². The highest BCUT2D eigenvalue weighted by Gasteiger charge is 2.31. The number of hydrogen-bond acceptors (Lipinski definition) is 4. The molecule has 98 valence electrons. The van der Waals surface area contributed by atoms with E-state index in [1.165, 1.54) is 37.9 Å². The van der Waals surface area contributed by atoms with Crippen LogP contribution in [0.5, 0.6) is 0 Å². The lowest BCUT2D eigenvalue weighted by molar-refractivity contribution is -0.147. The van der Waals surface area contributed by atoms with Crippen LogP contribution >= 0.6 is 11.8 Å². The topological polar surface area (TPSA) is 38.3 Å². The second kappa shape index (κ2) is 6.64. The largest absolute Gasteiger partial charge is 0.469 e. The van der Waals surface area contributed by atoms with Crippen LogP contribution in [0.15, 0.2) is 0 Å². The summed E-state index contributed by atoms with van der Waals surface area (Å²) in [4.78, 5) is 11.9. The van der Waals surface area contributed by atoms with Crippen molar-refractivity contribution in [2.45, 2.75) is 38.1 Å². The second-order valence-electron chi connectivity index (χ2n) is 5.12. The molecule has 0 amide bonds. The number of thioether (sulfide) groups is 1. The quantitative estimate of drug-likeness (QED) is 0.765. The van der Waals surface area contributed by atoms with Gasteiger partial charge in [-0.25, -0.2) is 0 Å². The Balaban J connectivity index is 1.84. The molecule has 1 heterocycles. The molecule has 0 bridgehead atoms. The number of rotatable bonds is 5. The molecular weight excluding hydrogens is 234 g/mol. The monoisotopic (exact) mass is 257 g/mol. The molecule has 0 radical (unpaired) electrons. The average molecular weight is 257 g/mol. The zero-order valence-electron chi connectivity index (χ0n) is 10.6. The molecule has 17 heavy (non-hydrogen) atoms. The highest BCUT2D eigenvalue weighted by Crippen LogP contribution is 2.30. The van der Waals surface area contributed by atoms with Gasteiger partial charge in [0.15, 0.2) is 0 Å². The average Bonchev–Trinajstić information content (AvgIpc) is 2.32. The maximum Gasteiger partial charge on any atom is 0.310 e. The minimum absolute atomic E-state index is 0.0197. The molecule has 0 aromatic heterocycles. The van der Waals surface area contributed by atoms with E-state index in [0.29, 0.717) is 12.0 Å². The molecular formula is C13H23NO2S. The van der Waals surface area contributed by atoms with Crippen LogP contribution in [0.3, 0.4) is 0 Å². The van der Waals surface area contributed by atoms with Crippen LogP contribution in [0.2, 0.25) is 0 Å². The van der Waals surface area contributed by atoms with Gasteiger partial charge in [0.2, 0.25) is 0 Å². The molecule has 2 aliphatic rings. The molecule has 1 atom stereocenters. The number of methoxy groups -OCH3 is 1. The van der Waals surface area contributed by atoms with E-state index < -0.39 is 0 Å². The van der Waals surface area contributed by atoms with Crippen molar-refractivity contribution >= 4 is 17.7 Å². The molecule has 3 nitrogen and oxygen atoms in total. The van der Waals surface area contributed by atoms with Gasteiger partial charge in [0, 0.05) is 12.6 Å². The van der Waals surface area contributed by atoms with E-state index in [9.17, 15) is 4.79 Å². The minimum Gasteiger partial charge on any atom is -0.469 e. The standard InChI is InChI=1S/C13H23NO2S/c1-16-13(15)12(9-14-11-3-2-4-11)10-5-7-17-8-6-10/h10-12,14H,2-9H2,1H3. The van der Waals surface area contributed by atoms with Crippen molar-refractivity contribution in [3.05, 3.63) is 0 Å². The van der Waals surface area contributed by atoms with Crippen LogP contribution in [0.4, 0.5) is 0 Å². The molecule has 1 unspecified atom stereocenters. The molecule has 2 rings (SSSR count). The van der Waals surface area contributed by atoms with Crippen molar-refractivity contribution in [3.63, 3.8) is 0 Å². The Labute approximate surface area is 108 Å². The summed E-state index contributed by atoms with van der Waals surface area (Å²) in [6.45, 7) is 0.812. The normalized spacial score (nSPS) is 24.1. The van der Waals surface area contributed by atoms with E-state index in [2.05, 4.69) is 5.32 Å². The van der Waals surface area contributed by atoms with Gasteiger partial charge in [-0.3, -0.25) is 4.79 Å². The first-order valence-electron chi connectivity index (χ1n) is 6.70. The molecule has 4 heteroatoms. The number of esters is 1. The summed E-state index contributed by atoms with van der Waals surface area (Å²) in [5.74, 6) is 2.97. The summed E-state index contributed by atoms with van der Waals surface area (Å²) >= 11 is 2.00. The summed E-state index contributed by atoms with van der Waals surface area (Å²) in [5, 5.41) is 3.52. The molecule has 1 aliphatic carbocycles. The van der Waals surface area contributed by atoms with E-state index >= 15 is 0 Å². The summed E-state index contributed by atoms with van der Waals surface area (Å²) in [6, 6.07) is 0.653. The highest BCUT2D eigenvalue weighted by atomic mass is 32.2. The van der Waals surface area contributed by atoms with Crippen molar-refractivity contribution in [3.8, 4) is 0 Å². The smallest absolute Gasteiger partial charge is 0.310 e. The van der Waals surface area contributed by atoms with Crippen molar-refractivity contribution in [2.24, 2.45) is 11.8 Å². The molecule has 0 aromatic carbocycles. The Morgan fingerprint density at radius 1 is 1.35 bits per heavy atom. The third-order valence-electron chi connectivity index (χ3n) is 4.07. The fourth-order valence-electron chi connectivity index (χ4n) is 2.62. The van der Waals surface area contributed by atoms with Crippen LogP contribution in [0.1, 0.15) is 32.1 Å². The summed E-state index contributed by atoms with van der Waals surface area (Å²) < 4.78 is 4.96. The van der Waals surface area contributed by atoms with Gasteiger partial charge in [0.25, 0.3) is 0 Å². The highest BCUT2D eigenvalue weighted by molar-refractivity contribution is 7.99. The van der Waals surface area contributed by atoms with Crippen LogP contribution in [-0.4, -0.2) is 37.2 Å². The zero-order chi connectivity index (χ0) is 12.1. The van der Waals surface area contributed by atoms with Gasteiger partial charge in [-0.05, 0) is 43.1 Å². The number of carbonyl (C=O) groups is 1. The minimum atomic E-state index is -0.0197. The number of nitrogens with one attached hydrogen (secondary N) is 1. The Morgan fingerprint density at radius 3 is 2.59 bits per heavy atom. The third-order valence-corrected chi connectivity index (χ3v) is 5.12. The van der Waals surface area contributed by atoms with Gasteiger partial charge >= 0.3 is 5.97 Å². The van der Waals surface area contributed by atoms with Crippen LogP contribution in [0.25, 0.3) is 0 Å². The lowest BCUT2D eigenvalue weighted by atomic mass is 9.86. The summed E-state index contributed by atoms with van der Waals surface area (Å²) in [7, 11) is 1.51. The predicted octanol–water partition coefficient (Wildman–Crippen LogP) is 2.06. The molecule has 1 N–H and O–H groups in total. The molecule has 1 saturated carbocycles. The van der Waals surface area contributed by atoms with Crippen molar-refractivity contribution in [1.29, 1.82) is 0 Å². The van der Waals surface area contributed by atoms with Crippen molar-refractivity contribution in [2.75, 3.05) is 25.2 Å². The molecule has 2 fully saturated rings. The van der Waals surface area contributed by atoms with Gasteiger partial charge in [-0.15, -0.1) is 0 Å². The zero-order valence-corrected chi connectivity index (χ0v) is 11.4. The van der Waals surface area contributed by atoms with Crippen LogP contribution < -0.4 is 5.32 Å². The van der Waals surface area contributed by atoms with E-state index in [0.717, 1.165) is 19.4 Å². The van der Waals surface area contributed by atoms with Gasteiger partial charge in [0.1, 0.15) is 0 Å². The van der Waals surface area contributed by atoms with Crippen molar-refractivity contribution in [1.82, 2.24) is 5.32 Å². The number of hydrogen-bond donors (Lipinski definition) is 1. The van der Waals surface area contributed by atoms with Gasteiger partial charge in [-0.1, -0.05) is 6.42 Å². The number of ether oxygens (including phenoxy) is 1. The SMILES string of the molecule is COC(=O)C(CNC1CCC1)C1CCSCC1. The Kier molecular flexibility index (Phi) is 5.16. The molecule has 1 aliphatic heterocycles. The first kappa shape index (κ1) is 13.2. The van der Waals surface area contributed by atoms with Gasteiger partial charge in [-0.2, -0.15) is 11.8 Å². The second-order valence-corrected chi connectivity index (χ2v) is 6.34. The maximum absolute atomic E-state index is 11.9. The van der Waals surface area contributed by atoms with E-state index in [1.54, 1.807) is 0 Å². The van der Waals surface area contributed by atoms with Gasteiger partial charge in [0.05, 0.1) is 13.0 Å². The number of carbonyl (C=O) groups excluding carboxylic acids is 1. The van der Waals surface area contributed by atoms with Crippen LogP contribution in [0, 0.1) is 11.8 Å². The van der Waals surface area contributed by atoms with E-state index in [4.69, 9.17) is 4.74 Å². The first-order valence-corrected chi connectivity index (χ1v) is 7.85. The predicted molar refractivity (Wildman–Crippen MR) is 71.2 cm³/mol. The molecule has 0 spiro atoms. The molecule has 1 saturated heterocycles. The Hall–Kier alpha value is -0.220. The Bertz CT molecular complexity index is 250. The first-order chi connectivity index (χ1) is 8.31. The fourth-order valence-corrected chi connectivity index (χ4v) is 3.76. The van der Waals surface area contributed by atoms with E-state index in [1.807, 2.05) is 11.8 Å². The van der Waals surface area contributed by atoms with Crippen molar-refractivity contribution < 1.29 is 9.53 Å². The fraction of sp³-hybridized carbons (Fsp3) is 0.923. The molecule has 0 aromatic rings. The summed E-state index contributed by atoms with van der Waals surface area (Å²) in [6.07, 6.45) is 6.21. The lowest BCUT2D eigenvalue weighted by Crippen LogP contribution is -2.43. The lowest BCUT2D eigenvalue weighted by Gasteiger charge is -2.32. The van der Waals surface area contributed by atoms with Gasteiger partial charge < -0.3 is 10.1 Å². The maximum atomic E-state index is 11.9. The summed E-state index contributed by atoms with van der Waals surface area (Å²) in [5.41, 5.74) is 0. The van der Waals surface area contributed by atoms with E-state index in [-0.39, 0.29) is 11.9 Å².